The SMILES string of the molecule is CCCCN1C(=O)c2cccc3c(NC(=O)c4cccc(S(=O)(=O)CC)c4)ccc1c23. The van der Waals surface area contributed by atoms with E-state index in [4.69, 9.17) is 0 Å². The monoisotopic (exact) mass is 436 g/mol. The van der Waals surface area contributed by atoms with E-state index in [0.29, 0.717) is 17.8 Å². The summed E-state index contributed by atoms with van der Waals surface area (Å²) in [5.74, 6) is -0.453. The van der Waals surface area contributed by atoms with Gasteiger partial charge in [-0.2, -0.15) is 0 Å². The van der Waals surface area contributed by atoms with Crippen LogP contribution in [0.3, 0.4) is 0 Å². The topological polar surface area (TPSA) is 83.6 Å². The fourth-order valence-corrected chi connectivity index (χ4v) is 4.81. The Morgan fingerprint density at radius 1 is 1.03 bits per heavy atom. The van der Waals surface area contributed by atoms with Crippen molar-refractivity contribution < 1.29 is 18.0 Å². The maximum absolute atomic E-state index is 12.9. The predicted octanol–water partition coefficient (Wildman–Crippen LogP) is 4.65. The van der Waals surface area contributed by atoms with Gasteiger partial charge in [0.15, 0.2) is 9.84 Å². The molecule has 4 rings (SSSR count). The number of hydrogen-bond donors (Lipinski definition) is 1. The highest BCUT2D eigenvalue weighted by Crippen LogP contribution is 2.40. The minimum atomic E-state index is -3.41. The number of rotatable bonds is 7. The van der Waals surface area contributed by atoms with Gasteiger partial charge in [0.2, 0.25) is 0 Å². The fourth-order valence-electron chi connectivity index (χ4n) is 3.89. The molecule has 0 saturated carbocycles. The van der Waals surface area contributed by atoms with Crippen LogP contribution in [0.25, 0.3) is 10.8 Å². The first-order chi connectivity index (χ1) is 14.9. The standard InChI is InChI=1S/C24H24N2O4S/c1-3-5-14-26-21-13-12-20(18-10-7-11-19(22(18)21)24(26)28)25-23(27)16-8-6-9-17(15-16)31(29,30)4-2/h6-13,15H,3-5,14H2,1-2H3,(H,25,27). The van der Waals surface area contributed by atoms with Crippen LogP contribution in [-0.4, -0.2) is 32.5 Å². The second-order valence-electron chi connectivity index (χ2n) is 7.56. The summed E-state index contributed by atoms with van der Waals surface area (Å²) >= 11 is 0. The lowest BCUT2D eigenvalue weighted by Crippen LogP contribution is -2.27. The van der Waals surface area contributed by atoms with E-state index >= 15 is 0 Å². The van der Waals surface area contributed by atoms with Crippen LogP contribution in [0.2, 0.25) is 0 Å². The van der Waals surface area contributed by atoms with Gasteiger partial charge in [-0.1, -0.05) is 38.5 Å². The molecular weight excluding hydrogens is 412 g/mol. The molecule has 0 unspecified atom stereocenters. The Balaban J connectivity index is 1.70. The van der Waals surface area contributed by atoms with E-state index in [1.54, 1.807) is 30.0 Å². The Bertz CT molecular complexity index is 1300. The maximum Gasteiger partial charge on any atom is 0.258 e. The number of nitrogens with zero attached hydrogens (tertiary/aromatic N) is 1. The first kappa shape index (κ1) is 21.1. The van der Waals surface area contributed by atoms with E-state index < -0.39 is 15.7 Å². The molecule has 0 saturated heterocycles. The Morgan fingerprint density at radius 3 is 2.55 bits per heavy atom. The van der Waals surface area contributed by atoms with Crippen LogP contribution in [0, 0.1) is 0 Å². The summed E-state index contributed by atoms with van der Waals surface area (Å²) in [6.45, 7) is 4.31. The molecule has 0 fully saturated rings. The summed E-state index contributed by atoms with van der Waals surface area (Å²) in [7, 11) is -3.41. The molecule has 3 aromatic rings. The van der Waals surface area contributed by atoms with Gasteiger partial charge < -0.3 is 10.2 Å². The number of carbonyl (C=O) groups excluding carboxylic acids is 2. The van der Waals surface area contributed by atoms with Crippen LogP contribution in [0.15, 0.2) is 59.5 Å². The zero-order valence-electron chi connectivity index (χ0n) is 17.5. The molecule has 2 amide bonds. The van der Waals surface area contributed by atoms with Crippen LogP contribution in [0.1, 0.15) is 47.4 Å². The van der Waals surface area contributed by atoms with Crippen LogP contribution in [0.5, 0.6) is 0 Å². The summed E-state index contributed by atoms with van der Waals surface area (Å²) in [6, 6.07) is 15.2. The van der Waals surface area contributed by atoms with Crippen molar-refractivity contribution >= 4 is 43.8 Å². The van der Waals surface area contributed by atoms with Gasteiger partial charge in [0, 0.05) is 34.1 Å². The number of amides is 2. The molecule has 0 bridgehead atoms. The average Bonchev–Trinajstić information content (AvgIpc) is 3.06. The lowest BCUT2D eigenvalue weighted by Gasteiger charge is -2.17. The Hall–Kier alpha value is -3.19. The number of anilines is 2. The first-order valence-electron chi connectivity index (χ1n) is 10.4. The molecule has 160 valence electrons. The van der Waals surface area contributed by atoms with E-state index in [1.807, 2.05) is 24.3 Å². The second-order valence-corrected chi connectivity index (χ2v) is 9.83. The molecule has 0 aliphatic carbocycles. The summed E-state index contributed by atoms with van der Waals surface area (Å²) < 4.78 is 24.3. The van der Waals surface area contributed by atoms with Gasteiger partial charge in [0.25, 0.3) is 11.8 Å². The number of nitrogens with one attached hydrogen (secondary N) is 1. The van der Waals surface area contributed by atoms with E-state index in [1.165, 1.54) is 12.1 Å². The van der Waals surface area contributed by atoms with Crippen LogP contribution < -0.4 is 10.2 Å². The van der Waals surface area contributed by atoms with Crippen molar-refractivity contribution in [3.63, 3.8) is 0 Å². The molecule has 0 radical (unpaired) electrons. The quantitative estimate of drug-likeness (QED) is 0.585. The van der Waals surface area contributed by atoms with E-state index in [2.05, 4.69) is 12.2 Å². The number of carbonyl (C=O) groups is 2. The summed E-state index contributed by atoms with van der Waals surface area (Å²) in [4.78, 5) is 27.7. The zero-order chi connectivity index (χ0) is 22.2. The molecule has 7 heteroatoms. The lowest BCUT2D eigenvalue weighted by atomic mass is 10.0. The number of hydrogen-bond acceptors (Lipinski definition) is 4. The molecule has 1 N–H and O–H groups in total. The third-order valence-corrected chi connectivity index (χ3v) is 7.34. The summed E-state index contributed by atoms with van der Waals surface area (Å²) in [5, 5.41) is 4.51. The Morgan fingerprint density at radius 2 is 1.81 bits per heavy atom. The van der Waals surface area contributed by atoms with E-state index in [-0.39, 0.29) is 22.1 Å². The van der Waals surface area contributed by atoms with Crippen LogP contribution in [0.4, 0.5) is 11.4 Å². The molecule has 0 aromatic heterocycles. The number of benzene rings is 3. The minimum Gasteiger partial charge on any atom is -0.321 e. The lowest BCUT2D eigenvalue weighted by molar-refractivity contribution is 0.0991. The third kappa shape index (κ3) is 3.70. The zero-order valence-corrected chi connectivity index (χ0v) is 18.3. The van der Waals surface area contributed by atoms with Gasteiger partial charge in [-0.25, -0.2) is 8.42 Å². The highest BCUT2D eigenvalue weighted by Gasteiger charge is 2.30. The summed E-state index contributed by atoms with van der Waals surface area (Å²) in [5.41, 5.74) is 2.34. The smallest absolute Gasteiger partial charge is 0.258 e. The van der Waals surface area contributed by atoms with Crippen molar-refractivity contribution in [3.05, 3.63) is 65.7 Å². The van der Waals surface area contributed by atoms with E-state index in [9.17, 15) is 18.0 Å². The predicted molar refractivity (Wildman–Crippen MR) is 123 cm³/mol. The highest BCUT2D eigenvalue weighted by atomic mass is 32.2. The molecule has 3 aromatic carbocycles. The maximum atomic E-state index is 12.9. The summed E-state index contributed by atoms with van der Waals surface area (Å²) in [6.07, 6.45) is 1.90. The van der Waals surface area contributed by atoms with Crippen LogP contribution in [-0.2, 0) is 9.84 Å². The first-order valence-corrected chi connectivity index (χ1v) is 12.0. The van der Waals surface area contributed by atoms with Crippen molar-refractivity contribution in [1.82, 2.24) is 0 Å². The molecule has 0 atom stereocenters. The van der Waals surface area contributed by atoms with Crippen molar-refractivity contribution in [2.75, 3.05) is 22.5 Å². The van der Waals surface area contributed by atoms with Gasteiger partial charge in [-0.3, -0.25) is 9.59 Å². The molecule has 0 spiro atoms. The fraction of sp³-hybridized carbons (Fsp3) is 0.250. The number of sulfone groups is 1. The number of unbranched alkanes of at least 4 members (excludes halogenated alkanes) is 1. The largest absolute Gasteiger partial charge is 0.321 e. The van der Waals surface area contributed by atoms with E-state index in [0.717, 1.165) is 29.3 Å². The van der Waals surface area contributed by atoms with Gasteiger partial charge in [-0.05, 0) is 42.8 Å². The highest BCUT2D eigenvalue weighted by molar-refractivity contribution is 7.91. The third-order valence-electron chi connectivity index (χ3n) is 5.60. The van der Waals surface area contributed by atoms with Crippen molar-refractivity contribution in [3.8, 4) is 0 Å². The normalized spacial score (nSPS) is 13.1. The molecule has 6 nitrogen and oxygen atoms in total. The Labute approximate surface area is 181 Å². The van der Waals surface area contributed by atoms with Gasteiger partial charge >= 0.3 is 0 Å². The van der Waals surface area contributed by atoms with Crippen molar-refractivity contribution in [1.29, 1.82) is 0 Å². The molecule has 1 heterocycles. The van der Waals surface area contributed by atoms with Gasteiger partial charge in [0.05, 0.1) is 16.3 Å². The van der Waals surface area contributed by atoms with Crippen molar-refractivity contribution in [2.45, 2.75) is 31.6 Å². The molecule has 31 heavy (non-hydrogen) atoms. The molecule has 1 aliphatic rings. The Kier molecular flexibility index (Phi) is 5.54. The van der Waals surface area contributed by atoms with Gasteiger partial charge in [-0.15, -0.1) is 0 Å². The minimum absolute atomic E-state index is 0.0185. The average molecular weight is 437 g/mol. The second kappa shape index (κ2) is 8.15. The van der Waals surface area contributed by atoms with Crippen LogP contribution >= 0.6 is 0 Å². The van der Waals surface area contributed by atoms with Crippen molar-refractivity contribution in [2.24, 2.45) is 0 Å². The molecule has 1 aliphatic heterocycles. The molecular formula is C24H24N2O4S. The van der Waals surface area contributed by atoms with Gasteiger partial charge in [0.1, 0.15) is 0 Å².